The predicted molar refractivity (Wildman–Crippen MR) is 45.7 cm³/mol. The summed E-state index contributed by atoms with van der Waals surface area (Å²) in [4.78, 5) is 10.3. The van der Waals surface area contributed by atoms with E-state index in [-0.39, 0.29) is 18.4 Å². The molecule has 11 heavy (non-hydrogen) atoms. The second kappa shape index (κ2) is 5.68. The molecule has 0 aliphatic heterocycles. The van der Waals surface area contributed by atoms with Crippen molar-refractivity contribution in [2.24, 2.45) is 11.5 Å². The van der Waals surface area contributed by atoms with Crippen LogP contribution in [-0.2, 0) is 4.79 Å². The molecule has 0 saturated carbocycles. The lowest BCUT2D eigenvalue weighted by Gasteiger charge is -2.00. The number of amides is 1. The van der Waals surface area contributed by atoms with E-state index in [4.69, 9.17) is 11.5 Å². The van der Waals surface area contributed by atoms with Gasteiger partial charge in [-0.25, -0.2) is 0 Å². The monoisotopic (exact) mass is 154 g/mol. The minimum atomic E-state index is -0.373. The fourth-order valence-electron chi connectivity index (χ4n) is 0.618. The Morgan fingerprint density at radius 2 is 2.18 bits per heavy atom. The SMILES string of the molecule is C/C=C/C=C/C(N)CC(N)=O. The molecule has 0 saturated heterocycles. The van der Waals surface area contributed by atoms with E-state index in [0.717, 1.165) is 0 Å². The second-order valence-corrected chi connectivity index (χ2v) is 2.24. The average Bonchev–Trinajstić information content (AvgIpc) is 1.86. The van der Waals surface area contributed by atoms with Gasteiger partial charge in [-0.05, 0) is 6.92 Å². The first kappa shape index (κ1) is 9.91. The van der Waals surface area contributed by atoms with Gasteiger partial charge in [0.05, 0.1) is 0 Å². The summed E-state index contributed by atoms with van der Waals surface area (Å²) in [6.07, 6.45) is 7.47. The minimum absolute atomic E-state index is 0.202. The van der Waals surface area contributed by atoms with Crippen LogP contribution in [0.15, 0.2) is 24.3 Å². The molecule has 0 fully saturated rings. The Balaban J connectivity index is 3.67. The lowest BCUT2D eigenvalue weighted by atomic mass is 10.2. The van der Waals surface area contributed by atoms with Gasteiger partial charge in [0.15, 0.2) is 0 Å². The number of carbonyl (C=O) groups excluding carboxylic acids is 1. The lowest BCUT2D eigenvalue weighted by Crippen LogP contribution is -2.25. The van der Waals surface area contributed by atoms with Gasteiger partial charge in [-0.15, -0.1) is 0 Å². The molecule has 1 amide bonds. The van der Waals surface area contributed by atoms with Crippen LogP contribution in [-0.4, -0.2) is 11.9 Å². The highest BCUT2D eigenvalue weighted by atomic mass is 16.1. The van der Waals surface area contributed by atoms with Crippen molar-refractivity contribution < 1.29 is 4.79 Å². The highest BCUT2D eigenvalue weighted by molar-refractivity contribution is 5.74. The normalized spacial score (nSPS) is 14.4. The molecule has 0 aliphatic carbocycles. The van der Waals surface area contributed by atoms with Gasteiger partial charge in [0.2, 0.25) is 5.91 Å². The van der Waals surface area contributed by atoms with Crippen molar-refractivity contribution >= 4 is 5.91 Å². The van der Waals surface area contributed by atoms with E-state index in [9.17, 15) is 4.79 Å². The van der Waals surface area contributed by atoms with Crippen LogP contribution in [0.3, 0.4) is 0 Å². The third-order valence-electron chi connectivity index (χ3n) is 1.10. The minimum Gasteiger partial charge on any atom is -0.370 e. The number of primary amides is 1. The molecule has 0 radical (unpaired) electrons. The Labute approximate surface area is 66.8 Å². The fraction of sp³-hybridized carbons (Fsp3) is 0.375. The van der Waals surface area contributed by atoms with Crippen LogP contribution >= 0.6 is 0 Å². The van der Waals surface area contributed by atoms with Crippen LogP contribution in [0.2, 0.25) is 0 Å². The fourth-order valence-corrected chi connectivity index (χ4v) is 0.618. The first-order chi connectivity index (χ1) is 5.16. The Kier molecular flexibility index (Phi) is 5.11. The molecule has 4 N–H and O–H groups in total. The largest absolute Gasteiger partial charge is 0.370 e. The quantitative estimate of drug-likeness (QED) is 0.572. The highest BCUT2D eigenvalue weighted by Crippen LogP contribution is 1.89. The predicted octanol–water partition coefficient (Wildman–Crippen LogP) is 0.321. The van der Waals surface area contributed by atoms with Gasteiger partial charge in [-0.2, -0.15) is 0 Å². The van der Waals surface area contributed by atoms with Crippen LogP contribution in [0.1, 0.15) is 13.3 Å². The summed E-state index contributed by atoms with van der Waals surface area (Å²) in [7, 11) is 0. The summed E-state index contributed by atoms with van der Waals surface area (Å²) in [5.74, 6) is -0.373. The molecule has 3 heteroatoms. The summed E-state index contributed by atoms with van der Waals surface area (Å²) in [5.41, 5.74) is 10.4. The molecule has 3 nitrogen and oxygen atoms in total. The molecule has 0 heterocycles. The standard InChI is InChI=1S/C8H14N2O/c1-2-3-4-5-7(9)6-8(10)11/h2-5,7H,6,9H2,1H3,(H2,10,11)/b3-2+,5-4+. The molecule has 0 rings (SSSR count). The van der Waals surface area contributed by atoms with Crippen molar-refractivity contribution in [3.8, 4) is 0 Å². The Bertz CT molecular complexity index is 173. The Morgan fingerprint density at radius 3 is 2.64 bits per heavy atom. The van der Waals surface area contributed by atoms with E-state index in [2.05, 4.69) is 0 Å². The topological polar surface area (TPSA) is 69.1 Å². The van der Waals surface area contributed by atoms with Gasteiger partial charge in [-0.1, -0.05) is 24.3 Å². The molecule has 0 aliphatic rings. The molecular formula is C8H14N2O. The van der Waals surface area contributed by atoms with Gasteiger partial charge < -0.3 is 11.5 Å². The smallest absolute Gasteiger partial charge is 0.219 e. The third-order valence-corrected chi connectivity index (χ3v) is 1.10. The Morgan fingerprint density at radius 1 is 1.55 bits per heavy atom. The van der Waals surface area contributed by atoms with Crippen LogP contribution in [0.5, 0.6) is 0 Å². The molecule has 0 bridgehead atoms. The van der Waals surface area contributed by atoms with Gasteiger partial charge in [0.1, 0.15) is 0 Å². The lowest BCUT2D eigenvalue weighted by molar-refractivity contribution is -0.118. The van der Waals surface area contributed by atoms with Gasteiger partial charge >= 0.3 is 0 Å². The van der Waals surface area contributed by atoms with Gasteiger partial charge in [0.25, 0.3) is 0 Å². The zero-order chi connectivity index (χ0) is 8.69. The number of hydrogen-bond donors (Lipinski definition) is 2. The molecule has 0 aromatic carbocycles. The first-order valence-electron chi connectivity index (χ1n) is 3.50. The number of nitrogens with two attached hydrogens (primary N) is 2. The average molecular weight is 154 g/mol. The van der Waals surface area contributed by atoms with Crippen LogP contribution in [0.4, 0.5) is 0 Å². The van der Waals surface area contributed by atoms with E-state index in [0.29, 0.717) is 0 Å². The summed E-state index contributed by atoms with van der Waals surface area (Å²) >= 11 is 0. The summed E-state index contributed by atoms with van der Waals surface area (Å²) < 4.78 is 0. The van der Waals surface area contributed by atoms with Crippen LogP contribution in [0, 0.1) is 0 Å². The van der Waals surface area contributed by atoms with E-state index in [1.54, 1.807) is 12.2 Å². The van der Waals surface area contributed by atoms with Crippen molar-refractivity contribution in [3.05, 3.63) is 24.3 Å². The number of allylic oxidation sites excluding steroid dienone is 3. The number of carbonyl (C=O) groups is 1. The van der Waals surface area contributed by atoms with Crippen molar-refractivity contribution in [1.82, 2.24) is 0 Å². The van der Waals surface area contributed by atoms with E-state index in [1.807, 2.05) is 19.1 Å². The maximum Gasteiger partial charge on any atom is 0.219 e. The van der Waals surface area contributed by atoms with E-state index < -0.39 is 0 Å². The zero-order valence-electron chi connectivity index (χ0n) is 6.66. The molecule has 0 spiro atoms. The molecule has 1 unspecified atom stereocenters. The summed E-state index contributed by atoms with van der Waals surface area (Å²) in [6.45, 7) is 1.91. The molecule has 0 aromatic heterocycles. The summed E-state index contributed by atoms with van der Waals surface area (Å²) in [6, 6.07) is -0.260. The number of rotatable bonds is 4. The van der Waals surface area contributed by atoms with Crippen LogP contribution in [0.25, 0.3) is 0 Å². The third kappa shape index (κ3) is 6.80. The van der Waals surface area contributed by atoms with Crippen molar-refractivity contribution in [2.45, 2.75) is 19.4 Å². The maximum absolute atomic E-state index is 10.3. The summed E-state index contributed by atoms with van der Waals surface area (Å²) in [5, 5.41) is 0. The molecule has 62 valence electrons. The van der Waals surface area contributed by atoms with Crippen molar-refractivity contribution in [3.63, 3.8) is 0 Å². The van der Waals surface area contributed by atoms with Gasteiger partial charge in [-0.3, -0.25) is 4.79 Å². The first-order valence-corrected chi connectivity index (χ1v) is 3.50. The highest BCUT2D eigenvalue weighted by Gasteiger charge is 1.99. The maximum atomic E-state index is 10.3. The van der Waals surface area contributed by atoms with E-state index >= 15 is 0 Å². The molecular weight excluding hydrogens is 140 g/mol. The molecule has 0 aromatic rings. The van der Waals surface area contributed by atoms with E-state index in [1.165, 1.54) is 0 Å². The second-order valence-electron chi connectivity index (χ2n) is 2.24. The van der Waals surface area contributed by atoms with Crippen molar-refractivity contribution in [1.29, 1.82) is 0 Å². The van der Waals surface area contributed by atoms with Crippen LogP contribution < -0.4 is 11.5 Å². The number of hydrogen-bond acceptors (Lipinski definition) is 2. The zero-order valence-corrected chi connectivity index (χ0v) is 6.66. The van der Waals surface area contributed by atoms with Crippen molar-refractivity contribution in [2.75, 3.05) is 0 Å². The Hall–Kier alpha value is -1.09. The van der Waals surface area contributed by atoms with Gasteiger partial charge in [0, 0.05) is 12.5 Å². The molecule has 1 atom stereocenters.